The van der Waals surface area contributed by atoms with Gasteiger partial charge >= 0.3 is 5.97 Å². The number of Topliss-reactive ketones (excluding diaryl/α,β-unsaturated/α-hetero) is 1. The standard InChI is InChI=1S/C22H24N2O5/c1-22(2)10-14-17(15(26)11-22)16(12-5-4-6-13(25)9-12)18(21(28)29-3)19-20(27)23-7-8-24(14)19/h4-6,9,16,25H,7-8,10-11H2,1-3H3,(H,23,27)/t16-/m1/s1. The van der Waals surface area contributed by atoms with Crippen molar-refractivity contribution < 1.29 is 24.2 Å². The Hall–Kier alpha value is -3.09. The summed E-state index contributed by atoms with van der Waals surface area (Å²) in [5, 5.41) is 12.8. The van der Waals surface area contributed by atoms with Gasteiger partial charge in [-0.2, -0.15) is 0 Å². The first-order valence-corrected chi connectivity index (χ1v) is 9.67. The number of rotatable bonds is 2. The molecule has 2 heterocycles. The molecule has 1 aliphatic carbocycles. The maximum atomic E-state index is 13.3. The largest absolute Gasteiger partial charge is 0.508 e. The Bertz CT molecular complexity index is 989. The number of benzene rings is 1. The third-order valence-corrected chi connectivity index (χ3v) is 5.77. The van der Waals surface area contributed by atoms with Crippen molar-refractivity contribution in [2.75, 3.05) is 20.2 Å². The number of phenols is 1. The number of nitrogens with one attached hydrogen (secondary N) is 1. The van der Waals surface area contributed by atoms with Gasteiger partial charge in [0.2, 0.25) is 0 Å². The fourth-order valence-corrected chi connectivity index (χ4v) is 4.65. The molecule has 1 fully saturated rings. The van der Waals surface area contributed by atoms with Crippen LogP contribution in [0.25, 0.3) is 0 Å². The summed E-state index contributed by atoms with van der Waals surface area (Å²) in [4.78, 5) is 40.8. The lowest BCUT2D eigenvalue weighted by Crippen LogP contribution is -2.51. The van der Waals surface area contributed by atoms with Gasteiger partial charge in [-0.05, 0) is 29.5 Å². The molecule has 0 radical (unpaired) electrons. The minimum atomic E-state index is -0.761. The van der Waals surface area contributed by atoms with Gasteiger partial charge in [0, 0.05) is 36.7 Å². The van der Waals surface area contributed by atoms with E-state index in [0.717, 1.165) is 5.70 Å². The number of phenolic OH excluding ortho intramolecular Hbond substituents is 1. The highest BCUT2D eigenvalue weighted by Gasteiger charge is 2.48. The topological polar surface area (TPSA) is 95.9 Å². The summed E-state index contributed by atoms with van der Waals surface area (Å²) in [5.41, 5.74) is 2.02. The predicted octanol–water partition coefficient (Wildman–Crippen LogP) is 1.99. The number of methoxy groups -OCH3 is 1. The van der Waals surface area contributed by atoms with E-state index in [0.29, 0.717) is 37.1 Å². The highest BCUT2D eigenvalue weighted by molar-refractivity contribution is 6.09. The van der Waals surface area contributed by atoms with Crippen molar-refractivity contribution in [3.8, 4) is 5.75 Å². The van der Waals surface area contributed by atoms with Gasteiger partial charge in [-0.1, -0.05) is 26.0 Å². The van der Waals surface area contributed by atoms with Crippen molar-refractivity contribution in [1.82, 2.24) is 10.2 Å². The monoisotopic (exact) mass is 396 g/mol. The molecule has 152 valence electrons. The lowest BCUT2D eigenvalue weighted by atomic mass is 9.67. The normalized spacial score (nSPS) is 23.4. The number of ketones is 1. The summed E-state index contributed by atoms with van der Waals surface area (Å²) in [6, 6.07) is 6.47. The van der Waals surface area contributed by atoms with E-state index in [1.54, 1.807) is 12.1 Å². The molecule has 2 N–H and O–H groups in total. The molecule has 2 aliphatic heterocycles. The number of hydrogen-bond acceptors (Lipinski definition) is 6. The molecule has 0 saturated carbocycles. The number of amides is 1. The number of fused-ring (bicyclic) bond motifs is 2. The first-order chi connectivity index (χ1) is 13.7. The number of hydrogen-bond donors (Lipinski definition) is 2. The van der Waals surface area contributed by atoms with Crippen molar-refractivity contribution >= 4 is 17.7 Å². The van der Waals surface area contributed by atoms with Gasteiger partial charge in [0.25, 0.3) is 5.91 Å². The average molecular weight is 396 g/mol. The number of piperazine rings is 1. The lowest BCUT2D eigenvalue weighted by molar-refractivity contribution is -0.137. The molecule has 1 atom stereocenters. The van der Waals surface area contributed by atoms with E-state index in [1.807, 2.05) is 18.7 Å². The fourth-order valence-electron chi connectivity index (χ4n) is 4.65. The first kappa shape index (κ1) is 19.2. The Labute approximate surface area is 169 Å². The molecule has 29 heavy (non-hydrogen) atoms. The smallest absolute Gasteiger partial charge is 0.337 e. The third-order valence-electron chi connectivity index (χ3n) is 5.77. The van der Waals surface area contributed by atoms with Crippen LogP contribution in [0.15, 0.2) is 46.8 Å². The Balaban J connectivity index is 2.03. The Kier molecular flexibility index (Phi) is 4.48. The van der Waals surface area contributed by atoms with Crippen LogP contribution in [-0.2, 0) is 19.1 Å². The lowest BCUT2D eigenvalue weighted by Gasteiger charge is -2.46. The van der Waals surface area contributed by atoms with Gasteiger partial charge in [-0.3, -0.25) is 9.59 Å². The molecular formula is C22H24N2O5. The number of allylic oxidation sites excluding steroid dienone is 2. The van der Waals surface area contributed by atoms with Crippen LogP contribution in [0.3, 0.4) is 0 Å². The van der Waals surface area contributed by atoms with E-state index in [4.69, 9.17) is 4.74 Å². The molecule has 0 aromatic heterocycles. The second kappa shape index (κ2) is 6.76. The molecule has 1 aromatic rings. The predicted molar refractivity (Wildman–Crippen MR) is 105 cm³/mol. The fraction of sp³-hybridized carbons (Fsp3) is 0.409. The summed E-state index contributed by atoms with van der Waals surface area (Å²) in [5.74, 6) is -1.79. The summed E-state index contributed by atoms with van der Waals surface area (Å²) < 4.78 is 5.03. The Morgan fingerprint density at radius 1 is 1.28 bits per heavy atom. The first-order valence-electron chi connectivity index (χ1n) is 9.67. The number of nitrogens with zero attached hydrogens (tertiary/aromatic N) is 1. The van der Waals surface area contributed by atoms with Crippen molar-refractivity contribution in [2.45, 2.75) is 32.6 Å². The van der Waals surface area contributed by atoms with E-state index >= 15 is 0 Å². The minimum absolute atomic E-state index is 0.0259. The van der Waals surface area contributed by atoms with E-state index in [2.05, 4.69) is 5.32 Å². The zero-order valence-electron chi connectivity index (χ0n) is 16.7. The molecule has 0 spiro atoms. The quantitative estimate of drug-likeness (QED) is 0.743. The maximum Gasteiger partial charge on any atom is 0.337 e. The van der Waals surface area contributed by atoms with Crippen molar-refractivity contribution in [3.05, 3.63) is 52.4 Å². The van der Waals surface area contributed by atoms with Crippen LogP contribution in [0.1, 0.15) is 38.2 Å². The average Bonchev–Trinajstić information content (AvgIpc) is 2.66. The third kappa shape index (κ3) is 3.10. The van der Waals surface area contributed by atoms with Crippen LogP contribution < -0.4 is 5.32 Å². The van der Waals surface area contributed by atoms with E-state index in [-0.39, 0.29) is 34.1 Å². The summed E-state index contributed by atoms with van der Waals surface area (Å²) in [6.07, 6.45) is 0.972. The zero-order valence-corrected chi connectivity index (χ0v) is 16.7. The molecule has 3 aliphatic rings. The molecule has 7 heteroatoms. The molecular weight excluding hydrogens is 372 g/mol. The van der Waals surface area contributed by atoms with Gasteiger partial charge in [0.15, 0.2) is 5.78 Å². The van der Waals surface area contributed by atoms with Gasteiger partial charge < -0.3 is 20.1 Å². The Morgan fingerprint density at radius 2 is 2.03 bits per heavy atom. The van der Waals surface area contributed by atoms with Crippen LogP contribution in [0.4, 0.5) is 0 Å². The summed E-state index contributed by atoms with van der Waals surface area (Å²) in [6.45, 7) is 4.97. The molecule has 4 rings (SSSR count). The summed E-state index contributed by atoms with van der Waals surface area (Å²) in [7, 11) is 1.26. The number of carbonyl (C=O) groups is 3. The number of carbonyl (C=O) groups excluding carboxylic acids is 3. The summed E-state index contributed by atoms with van der Waals surface area (Å²) >= 11 is 0. The van der Waals surface area contributed by atoms with E-state index in [9.17, 15) is 19.5 Å². The number of aromatic hydroxyl groups is 1. The second-order valence-electron chi connectivity index (χ2n) is 8.49. The van der Waals surface area contributed by atoms with Crippen LogP contribution in [-0.4, -0.2) is 47.9 Å². The molecule has 1 saturated heterocycles. The van der Waals surface area contributed by atoms with E-state index in [1.165, 1.54) is 19.2 Å². The van der Waals surface area contributed by atoms with Gasteiger partial charge in [-0.25, -0.2) is 4.79 Å². The molecule has 7 nitrogen and oxygen atoms in total. The van der Waals surface area contributed by atoms with Gasteiger partial charge in [0.1, 0.15) is 11.4 Å². The SMILES string of the molecule is COC(=O)C1=C2C(=O)NCCN2C2=C(C(=O)CC(C)(C)C2)[C@H]1c1cccc(O)c1. The maximum absolute atomic E-state index is 13.3. The molecule has 0 unspecified atom stereocenters. The van der Waals surface area contributed by atoms with Crippen LogP contribution in [0.2, 0.25) is 0 Å². The van der Waals surface area contributed by atoms with Crippen LogP contribution in [0.5, 0.6) is 5.75 Å². The molecule has 0 bridgehead atoms. The highest BCUT2D eigenvalue weighted by Crippen LogP contribution is 2.50. The zero-order chi connectivity index (χ0) is 20.9. The van der Waals surface area contributed by atoms with Crippen LogP contribution >= 0.6 is 0 Å². The number of esters is 1. The molecule has 1 amide bonds. The van der Waals surface area contributed by atoms with Crippen molar-refractivity contribution in [2.24, 2.45) is 5.41 Å². The number of ether oxygens (including phenoxy) is 1. The van der Waals surface area contributed by atoms with Gasteiger partial charge in [0.05, 0.1) is 12.7 Å². The van der Waals surface area contributed by atoms with Crippen molar-refractivity contribution in [1.29, 1.82) is 0 Å². The highest BCUT2D eigenvalue weighted by atomic mass is 16.5. The Morgan fingerprint density at radius 3 is 2.72 bits per heavy atom. The van der Waals surface area contributed by atoms with E-state index < -0.39 is 11.9 Å². The van der Waals surface area contributed by atoms with Crippen LogP contribution in [0, 0.1) is 5.41 Å². The van der Waals surface area contributed by atoms with Crippen molar-refractivity contribution in [3.63, 3.8) is 0 Å². The molecule has 1 aromatic carbocycles. The van der Waals surface area contributed by atoms with Gasteiger partial charge in [-0.15, -0.1) is 0 Å². The minimum Gasteiger partial charge on any atom is -0.508 e. The second-order valence-corrected chi connectivity index (χ2v) is 8.49.